The molecule has 2 rings (SSSR count). The normalized spacial score (nSPS) is 21.1. The molecule has 0 saturated carbocycles. The average molecular weight is 344 g/mol. The van der Waals surface area contributed by atoms with Gasteiger partial charge < -0.3 is 10.1 Å². The molecular formula is C15H26BrN3O. The number of nitrogens with zero attached hydrogens (tertiary/aromatic N) is 2. The molecule has 1 aromatic rings. The van der Waals surface area contributed by atoms with Crippen molar-refractivity contribution >= 4 is 15.9 Å². The van der Waals surface area contributed by atoms with Crippen LogP contribution in [0.25, 0.3) is 0 Å². The second kappa shape index (κ2) is 8.15. The summed E-state index contributed by atoms with van der Waals surface area (Å²) in [7, 11) is 2.01. The van der Waals surface area contributed by atoms with Crippen molar-refractivity contribution in [2.45, 2.75) is 57.6 Å². The molecular weight excluding hydrogens is 318 g/mol. The van der Waals surface area contributed by atoms with Crippen molar-refractivity contribution in [2.24, 2.45) is 7.05 Å². The third kappa shape index (κ3) is 4.30. The summed E-state index contributed by atoms with van der Waals surface area (Å²) in [6.07, 6.45) is 9.45. The highest BCUT2D eigenvalue weighted by Crippen LogP contribution is 2.28. The van der Waals surface area contributed by atoms with Gasteiger partial charge in [-0.15, -0.1) is 0 Å². The predicted octanol–water partition coefficient (Wildman–Crippen LogP) is 3.57. The highest BCUT2D eigenvalue weighted by atomic mass is 79.9. The molecule has 1 aromatic heterocycles. The number of nitrogens with one attached hydrogen (secondary N) is 1. The maximum absolute atomic E-state index is 5.85. The summed E-state index contributed by atoms with van der Waals surface area (Å²) in [5, 5.41) is 7.99. The van der Waals surface area contributed by atoms with Crippen LogP contribution in [0.4, 0.5) is 0 Å². The standard InChI is InChI=1S/C15H26BrN3O/c1-3-9-17-14(15-13(16)11-18-19(15)2)8-7-12-6-4-5-10-20-12/h11-12,14,17H,3-10H2,1-2H3. The van der Waals surface area contributed by atoms with Gasteiger partial charge in [-0.25, -0.2) is 0 Å². The number of hydrogen-bond donors (Lipinski definition) is 1. The number of ether oxygens (including phenoxy) is 1. The van der Waals surface area contributed by atoms with Gasteiger partial charge >= 0.3 is 0 Å². The number of rotatable bonds is 7. The van der Waals surface area contributed by atoms with E-state index in [9.17, 15) is 0 Å². The summed E-state index contributed by atoms with van der Waals surface area (Å²) in [5.41, 5.74) is 1.24. The van der Waals surface area contributed by atoms with Crippen LogP contribution in [0.1, 0.15) is 57.2 Å². The van der Waals surface area contributed by atoms with E-state index < -0.39 is 0 Å². The number of hydrogen-bond acceptors (Lipinski definition) is 3. The first-order chi connectivity index (χ1) is 9.72. The summed E-state index contributed by atoms with van der Waals surface area (Å²) < 4.78 is 8.92. The van der Waals surface area contributed by atoms with Crippen molar-refractivity contribution in [1.82, 2.24) is 15.1 Å². The minimum absolute atomic E-state index is 0.349. The predicted molar refractivity (Wildman–Crippen MR) is 84.8 cm³/mol. The number of halogens is 1. The van der Waals surface area contributed by atoms with E-state index >= 15 is 0 Å². The molecule has 0 aliphatic carbocycles. The molecule has 20 heavy (non-hydrogen) atoms. The summed E-state index contributed by atoms with van der Waals surface area (Å²) in [4.78, 5) is 0. The smallest absolute Gasteiger partial charge is 0.0692 e. The van der Waals surface area contributed by atoms with Crippen LogP contribution in [0.2, 0.25) is 0 Å². The van der Waals surface area contributed by atoms with Crippen LogP contribution in [0.15, 0.2) is 10.7 Å². The second-order valence-electron chi connectivity index (χ2n) is 5.57. The monoisotopic (exact) mass is 343 g/mol. The van der Waals surface area contributed by atoms with Crippen LogP contribution in [-0.4, -0.2) is 29.0 Å². The van der Waals surface area contributed by atoms with E-state index in [1.165, 1.54) is 25.0 Å². The lowest BCUT2D eigenvalue weighted by atomic mass is 10.00. The lowest BCUT2D eigenvalue weighted by molar-refractivity contribution is 0.00841. The zero-order valence-corrected chi connectivity index (χ0v) is 14.2. The van der Waals surface area contributed by atoms with Crippen LogP contribution in [0.5, 0.6) is 0 Å². The summed E-state index contributed by atoms with van der Waals surface area (Å²) >= 11 is 3.62. The van der Waals surface area contributed by atoms with Gasteiger partial charge in [0.15, 0.2) is 0 Å². The SMILES string of the molecule is CCCNC(CCC1CCCCO1)c1c(Br)cnn1C. The molecule has 1 fully saturated rings. The molecule has 0 bridgehead atoms. The van der Waals surface area contributed by atoms with Crippen LogP contribution in [-0.2, 0) is 11.8 Å². The van der Waals surface area contributed by atoms with Gasteiger partial charge in [-0.1, -0.05) is 6.92 Å². The Bertz CT molecular complexity index is 382. The Hall–Kier alpha value is -0.390. The van der Waals surface area contributed by atoms with Gasteiger partial charge in [0.1, 0.15) is 0 Å². The van der Waals surface area contributed by atoms with Crippen molar-refractivity contribution in [3.8, 4) is 0 Å². The van der Waals surface area contributed by atoms with Gasteiger partial charge in [-0.05, 0) is 61.0 Å². The third-order valence-corrected chi connectivity index (χ3v) is 4.57. The summed E-state index contributed by atoms with van der Waals surface area (Å²) in [5.74, 6) is 0. The fraction of sp³-hybridized carbons (Fsp3) is 0.800. The van der Waals surface area contributed by atoms with Gasteiger partial charge in [-0.3, -0.25) is 4.68 Å². The fourth-order valence-corrected chi connectivity index (χ4v) is 3.48. The first-order valence-corrected chi connectivity index (χ1v) is 8.54. The fourth-order valence-electron chi connectivity index (χ4n) is 2.85. The molecule has 114 valence electrons. The van der Waals surface area contributed by atoms with Gasteiger partial charge in [0.2, 0.25) is 0 Å². The van der Waals surface area contributed by atoms with Crippen molar-refractivity contribution in [2.75, 3.05) is 13.2 Å². The molecule has 0 spiro atoms. The molecule has 0 aromatic carbocycles. The topological polar surface area (TPSA) is 39.1 Å². The molecule has 1 N–H and O–H groups in total. The maximum Gasteiger partial charge on any atom is 0.0692 e. The summed E-state index contributed by atoms with van der Waals surface area (Å²) in [6.45, 7) is 4.17. The van der Waals surface area contributed by atoms with E-state index in [1.54, 1.807) is 0 Å². The molecule has 2 heterocycles. The molecule has 4 nitrogen and oxygen atoms in total. The zero-order valence-electron chi connectivity index (χ0n) is 12.6. The van der Waals surface area contributed by atoms with Gasteiger partial charge in [0.05, 0.1) is 28.5 Å². The molecule has 2 unspecified atom stereocenters. The first-order valence-electron chi connectivity index (χ1n) is 7.74. The molecule has 1 saturated heterocycles. The van der Waals surface area contributed by atoms with Crippen LogP contribution < -0.4 is 5.32 Å². The third-order valence-electron chi connectivity index (χ3n) is 3.96. The number of aryl methyl sites for hydroxylation is 1. The Morgan fingerprint density at radius 2 is 2.40 bits per heavy atom. The Kier molecular flexibility index (Phi) is 6.52. The second-order valence-corrected chi connectivity index (χ2v) is 6.43. The lowest BCUT2D eigenvalue weighted by Gasteiger charge is -2.25. The lowest BCUT2D eigenvalue weighted by Crippen LogP contribution is -2.27. The van der Waals surface area contributed by atoms with Gasteiger partial charge in [0.25, 0.3) is 0 Å². The Morgan fingerprint density at radius 1 is 1.55 bits per heavy atom. The number of aromatic nitrogens is 2. The van der Waals surface area contributed by atoms with Crippen molar-refractivity contribution in [1.29, 1.82) is 0 Å². The van der Waals surface area contributed by atoms with Crippen molar-refractivity contribution in [3.05, 3.63) is 16.4 Å². The van der Waals surface area contributed by atoms with Crippen LogP contribution >= 0.6 is 15.9 Å². The van der Waals surface area contributed by atoms with Crippen molar-refractivity contribution in [3.63, 3.8) is 0 Å². The largest absolute Gasteiger partial charge is 0.378 e. The van der Waals surface area contributed by atoms with E-state index in [0.29, 0.717) is 12.1 Å². The molecule has 5 heteroatoms. The minimum atomic E-state index is 0.349. The zero-order chi connectivity index (χ0) is 14.4. The molecule has 1 aliphatic heterocycles. The summed E-state index contributed by atoms with van der Waals surface area (Å²) in [6, 6.07) is 0.349. The van der Waals surface area contributed by atoms with E-state index in [0.717, 1.165) is 36.9 Å². The first kappa shape index (κ1) is 16.0. The molecule has 0 amide bonds. The van der Waals surface area contributed by atoms with E-state index in [1.807, 2.05) is 17.9 Å². The molecule has 0 radical (unpaired) electrons. The quantitative estimate of drug-likeness (QED) is 0.822. The Labute approximate surface area is 130 Å². The van der Waals surface area contributed by atoms with E-state index in [4.69, 9.17) is 4.74 Å². The highest BCUT2D eigenvalue weighted by Gasteiger charge is 2.21. The van der Waals surface area contributed by atoms with Gasteiger partial charge in [-0.2, -0.15) is 5.10 Å². The Morgan fingerprint density at radius 3 is 3.00 bits per heavy atom. The van der Waals surface area contributed by atoms with Crippen LogP contribution in [0, 0.1) is 0 Å². The average Bonchev–Trinajstić information content (AvgIpc) is 2.80. The van der Waals surface area contributed by atoms with E-state index in [2.05, 4.69) is 33.3 Å². The minimum Gasteiger partial charge on any atom is -0.378 e. The van der Waals surface area contributed by atoms with Gasteiger partial charge in [0, 0.05) is 13.7 Å². The van der Waals surface area contributed by atoms with Crippen LogP contribution in [0.3, 0.4) is 0 Å². The highest BCUT2D eigenvalue weighted by molar-refractivity contribution is 9.10. The molecule has 2 atom stereocenters. The van der Waals surface area contributed by atoms with Crippen molar-refractivity contribution < 1.29 is 4.74 Å². The Balaban J connectivity index is 1.96. The van der Waals surface area contributed by atoms with E-state index in [-0.39, 0.29) is 0 Å². The maximum atomic E-state index is 5.85. The molecule has 1 aliphatic rings.